The highest BCUT2D eigenvalue weighted by Gasteiger charge is 2.34. The zero-order valence-electron chi connectivity index (χ0n) is 18.8. The first kappa shape index (κ1) is 23.0. The highest BCUT2D eigenvalue weighted by molar-refractivity contribution is 7.13. The van der Waals surface area contributed by atoms with E-state index in [1.807, 2.05) is 48.7 Å². The Bertz CT molecular complexity index is 1390. The zero-order chi connectivity index (χ0) is 24.4. The lowest BCUT2D eigenvalue weighted by Crippen LogP contribution is -2.48. The predicted octanol–water partition coefficient (Wildman–Crippen LogP) is 5.67. The highest BCUT2D eigenvalue weighted by Crippen LogP contribution is 2.39. The minimum Gasteiger partial charge on any atom is -0.478 e. The predicted molar refractivity (Wildman–Crippen MR) is 138 cm³/mol. The van der Waals surface area contributed by atoms with Crippen molar-refractivity contribution in [2.45, 2.75) is 19.4 Å². The first-order valence-corrected chi connectivity index (χ1v) is 12.3. The van der Waals surface area contributed by atoms with E-state index in [0.29, 0.717) is 28.6 Å². The van der Waals surface area contributed by atoms with Crippen LogP contribution in [0.4, 0.5) is 11.4 Å². The standard InChI is InChI=1S/C26H21ClN4O3S/c1-2-22-26(33)31(14-24(32)29-18-7-5-6-17(27)13-18)21-12-16(9-10-23(21)34-22)20-15-35-25(30-20)19-8-3-4-11-28-19/h3-13,15,22H,2,14H2,1H3,(H,29,32). The summed E-state index contributed by atoms with van der Waals surface area (Å²) in [5.74, 6) is -0.0402. The molecule has 2 aromatic heterocycles. The molecule has 1 atom stereocenters. The van der Waals surface area contributed by atoms with Gasteiger partial charge in [-0.15, -0.1) is 11.3 Å². The summed E-state index contributed by atoms with van der Waals surface area (Å²) >= 11 is 7.52. The quantitative estimate of drug-likeness (QED) is 0.366. The van der Waals surface area contributed by atoms with Crippen molar-refractivity contribution in [2.75, 3.05) is 16.8 Å². The Morgan fingerprint density at radius 2 is 2.03 bits per heavy atom. The van der Waals surface area contributed by atoms with Gasteiger partial charge in [0.15, 0.2) is 6.10 Å². The largest absolute Gasteiger partial charge is 0.478 e. The molecule has 0 aliphatic carbocycles. The van der Waals surface area contributed by atoms with Crippen molar-refractivity contribution < 1.29 is 14.3 Å². The number of pyridine rings is 1. The fraction of sp³-hybridized carbons (Fsp3) is 0.154. The van der Waals surface area contributed by atoms with Crippen LogP contribution in [-0.2, 0) is 9.59 Å². The van der Waals surface area contributed by atoms with Crippen molar-refractivity contribution in [1.82, 2.24) is 9.97 Å². The fourth-order valence-electron chi connectivity index (χ4n) is 3.83. The van der Waals surface area contributed by atoms with Crippen LogP contribution in [0, 0.1) is 0 Å². The van der Waals surface area contributed by atoms with Crippen LogP contribution in [-0.4, -0.2) is 34.4 Å². The van der Waals surface area contributed by atoms with Crippen LogP contribution in [0.15, 0.2) is 72.2 Å². The number of hydrogen-bond donors (Lipinski definition) is 1. The first-order valence-electron chi connectivity index (χ1n) is 11.1. The summed E-state index contributed by atoms with van der Waals surface area (Å²) in [6.45, 7) is 1.72. The second kappa shape index (κ2) is 9.85. The molecule has 0 saturated carbocycles. The third kappa shape index (κ3) is 4.89. The summed E-state index contributed by atoms with van der Waals surface area (Å²) in [5.41, 5.74) is 3.46. The summed E-state index contributed by atoms with van der Waals surface area (Å²) in [4.78, 5) is 36.6. The maximum absolute atomic E-state index is 13.2. The molecule has 0 bridgehead atoms. The molecule has 1 unspecified atom stereocenters. The van der Waals surface area contributed by atoms with E-state index < -0.39 is 6.10 Å². The van der Waals surface area contributed by atoms with E-state index in [2.05, 4.69) is 10.3 Å². The van der Waals surface area contributed by atoms with Crippen LogP contribution in [0.3, 0.4) is 0 Å². The highest BCUT2D eigenvalue weighted by atomic mass is 35.5. The number of nitrogens with one attached hydrogen (secondary N) is 1. The van der Waals surface area contributed by atoms with Crippen LogP contribution >= 0.6 is 22.9 Å². The Hall–Kier alpha value is -3.75. The molecule has 2 amide bonds. The van der Waals surface area contributed by atoms with Gasteiger partial charge >= 0.3 is 0 Å². The number of nitrogens with zero attached hydrogens (tertiary/aromatic N) is 3. The summed E-state index contributed by atoms with van der Waals surface area (Å²) in [7, 11) is 0. The number of carbonyl (C=O) groups excluding carboxylic acids is 2. The summed E-state index contributed by atoms with van der Waals surface area (Å²) in [5, 5.41) is 6.07. The molecule has 1 aliphatic rings. The van der Waals surface area contributed by atoms with E-state index in [0.717, 1.165) is 22.0 Å². The summed E-state index contributed by atoms with van der Waals surface area (Å²) in [6.07, 6.45) is 1.57. The van der Waals surface area contributed by atoms with E-state index >= 15 is 0 Å². The molecule has 176 valence electrons. The normalized spacial score (nSPS) is 14.9. The van der Waals surface area contributed by atoms with Gasteiger partial charge in [-0.3, -0.25) is 19.5 Å². The molecule has 1 N–H and O–H groups in total. The molecular weight excluding hydrogens is 484 g/mol. The van der Waals surface area contributed by atoms with Gasteiger partial charge in [0.1, 0.15) is 17.3 Å². The number of ether oxygens (including phenoxy) is 1. The van der Waals surface area contributed by atoms with E-state index in [1.54, 1.807) is 30.5 Å². The van der Waals surface area contributed by atoms with Crippen molar-refractivity contribution in [3.63, 3.8) is 0 Å². The van der Waals surface area contributed by atoms with Gasteiger partial charge < -0.3 is 10.1 Å². The minimum atomic E-state index is -0.651. The van der Waals surface area contributed by atoms with E-state index in [-0.39, 0.29) is 18.4 Å². The van der Waals surface area contributed by atoms with Gasteiger partial charge in [-0.2, -0.15) is 0 Å². The van der Waals surface area contributed by atoms with Gasteiger partial charge in [0.25, 0.3) is 5.91 Å². The van der Waals surface area contributed by atoms with E-state index in [4.69, 9.17) is 21.3 Å². The number of rotatable bonds is 6. The maximum atomic E-state index is 13.2. The lowest BCUT2D eigenvalue weighted by molar-refractivity contribution is -0.128. The average molecular weight is 505 g/mol. The van der Waals surface area contributed by atoms with Crippen LogP contribution in [0.1, 0.15) is 13.3 Å². The smallest absolute Gasteiger partial charge is 0.268 e. The van der Waals surface area contributed by atoms with Crippen molar-refractivity contribution in [3.05, 3.63) is 77.3 Å². The molecule has 7 nitrogen and oxygen atoms in total. The molecule has 35 heavy (non-hydrogen) atoms. The van der Waals surface area contributed by atoms with E-state index in [1.165, 1.54) is 16.2 Å². The molecule has 1 aliphatic heterocycles. The SMILES string of the molecule is CCC1Oc2ccc(-c3csc(-c4ccccn4)n3)cc2N(CC(=O)Nc2cccc(Cl)c2)C1=O. The van der Waals surface area contributed by atoms with Crippen molar-refractivity contribution in [2.24, 2.45) is 0 Å². The van der Waals surface area contributed by atoms with Crippen LogP contribution in [0.2, 0.25) is 5.02 Å². The molecule has 3 heterocycles. The van der Waals surface area contributed by atoms with Crippen LogP contribution < -0.4 is 15.0 Å². The summed E-state index contributed by atoms with van der Waals surface area (Å²) < 4.78 is 5.94. The van der Waals surface area contributed by atoms with Crippen molar-refractivity contribution in [1.29, 1.82) is 0 Å². The van der Waals surface area contributed by atoms with Gasteiger partial charge in [0.2, 0.25) is 5.91 Å². The first-order chi connectivity index (χ1) is 17.0. The molecule has 0 saturated heterocycles. The molecular formula is C26H21ClN4O3S. The summed E-state index contributed by atoms with van der Waals surface area (Å²) in [6, 6.07) is 18.1. The average Bonchev–Trinajstić information content (AvgIpc) is 3.36. The number of anilines is 2. The Labute approximate surface area is 211 Å². The molecule has 9 heteroatoms. The van der Waals surface area contributed by atoms with Crippen molar-refractivity contribution in [3.8, 4) is 27.7 Å². The van der Waals surface area contributed by atoms with E-state index in [9.17, 15) is 9.59 Å². The van der Waals surface area contributed by atoms with Crippen LogP contribution in [0.5, 0.6) is 5.75 Å². The Balaban J connectivity index is 1.44. The van der Waals surface area contributed by atoms with Crippen LogP contribution in [0.25, 0.3) is 22.0 Å². The lowest BCUT2D eigenvalue weighted by atomic mass is 10.1. The third-order valence-electron chi connectivity index (χ3n) is 5.53. The fourth-order valence-corrected chi connectivity index (χ4v) is 4.82. The molecule has 5 rings (SSSR count). The number of aromatic nitrogens is 2. The van der Waals surface area contributed by atoms with Gasteiger partial charge in [0.05, 0.1) is 17.1 Å². The van der Waals surface area contributed by atoms with Gasteiger partial charge in [-0.05, 0) is 55.0 Å². The topological polar surface area (TPSA) is 84.4 Å². The molecule has 0 fully saturated rings. The Morgan fingerprint density at radius 1 is 1.14 bits per heavy atom. The van der Waals surface area contributed by atoms with Crippen molar-refractivity contribution >= 4 is 46.1 Å². The lowest BCUT2D eigenvalue weighted by Gasteiger charge is -2.34. The number of amides is 2. The zero-order valence-corrected chi connectivity index (χ0v) is 20.3. The minimum absolute atomic E-state index is 0.155. The second-order valence-corrected chi connectivity index (χ2v) is 9.23. The number of hydrogen-bond acceptors (Lipinski definition) is 6. The molecule has 2 aromatic carbocycles. The van der Waals surface area contributed by atoms with Gasteiger partial charge in [0, 0.05) is 27.9 Å². The molecule has 0 spiro atoms. The number of thiazole rings is 1. The molecule has 0 radical (unpaired) electrons. The second-order valence-electron chi connectivity index (χ2n) is 7.93. The number of halogens is 1. The number of fused-ring (bicyclic) bond motifs is 1. The molecule has 4 aromatic rings. The van der Waals surface area contributed by atoms with Gasteiger partial charge in [-0.25, -0.2) is 4.98 Å². The maximum Gasteiger partial charge on any atom is 0.268 e. The van der Waals surface area contributed by atoms with Gasteiger partial charge in [-0.1, -0.05) is 30.7 Å². The Kier molecular flexibility index (Phi) is 6.48. The Morgan fingerprint density at radius 3 is 2.80 bits per heavy atom. The number of benzene rings is 2. The third-order valence-corrected chi connectivity index (χ3v) is 6.63. The number of carbonyl (C=O) groups is 2. The monoisotopic (exact) mass is 504 g/mol.